The number of rotatable bonds is 11. The molecule has 1 aliphatic carbocycles. The summed E-state index contributed by atoms with van der Waals surface area (Å²) in [6.07, 6.45) is -3.73. The van der Waals surface area contributed by atoms with Crippen molar-refractivity contribution in [3.8, 4) is 28.4 Å². The van der Waals surface area contributed by atoms with Gasteiger partial charge in [0.1, 0.15) is 12.7 Å². The number of fused-ring (bicyclic) bond motifs is 3. The highest BCUT2D eigenvalue weighted by Gasteiger charge is 2.52. The van der Waals surface area contributed by atoms with E-state index >= 15 is 0 Å². The molecule has 0 amide bonds. The molecule has 2 aromatic rings. The van der Waals surface area contributed by atoms with Crippen LogP contribution < -0.4 is 25.0 Å². The Labute approximate surface area is 288 Å². The summed E-state index contributed by atoms with van der Waals surface area (Å²) >= 11 is 1.30. The highest BCUT2D eigenvalue weighted by atomic mass is 32.2. The summed E-state index contributed by atoms with van der Waals surface area (Å²) in [5, 5.41) is 3.39. The van der Waals surface area contributed by atoms with Gasteiger partial charge in [-0.15, -0.1) is 11.8 Å². The Bertz CT molecular complexity index is 1650. The number of methoxy groups -OCH3 is 3. The third-order valence-corrected chi connectivity index (χ3v) is 8.85. The molecule has 1 saturated heterocycles. The summed E-state index contributed by atoms with van der Waals surface area (Å²) in [4.78, 5) is 62.8. The molecule has 14 nitrogen and oxygen atoms in total. The zero-order valence-corrected chi connectivity index (χ0v) is 29.4. The molecule has 0 aromatic heterocycles. The van der Waals surface area contributed by atoms with E-state index in [1.54, 1.807) is 12.3 Å². The Morgan fingerprint density at radius 3 is 2.04 bits per heavy atom. The molecule has 1 N–H and O–H groups in total. The summed E-state index contributed by atoms with van der Waals surface area (Å²) in [5.74, 6) is -1.59. The molecule has 49 heavy (non-hydrogen) atoms. The molecule has 0 unspecified atom stereocenters. The summed E-state index contributed by atoms with van der Waals surface area (Å²) in [6, 6.07) is 6.33. The molecule has 4 rings (SSSR count). The first-order chi connectivity index (χ1) is 23.3. The maximum atomic E-state index is 13.5. The highest BCUT2D eigenvalue weighted by molar-refractivity contribution is 7.98. The van der Waals surface area contributed by atoms with Crippen LogP contribution >= 0.6 is 11.8 Å². The normalized spacial score (nSPS) is 22.7. The molecular weight excluding hydrogens is 662 g/mol. The number of aryl methyl sites for hydroxylation is 1. The van der Waals surface area contributed by atoms with Crippen LogP contribution in [0.25, 0.3) is 11.1 Å². The summed E-state index contributed by atoms with van der Waals surface area (Å²) in [6.45, 7) is 4.30. The minimum Gasteiger partial charge on any atom is -0.493 e. The van der Waals surface area contributed by atoms with E-state index in [-0.39, 0.29) is 12.0 Å². The Morgan fingerprint density at radius 2 is 1.47 bits per heavy atom. The average Bonchev–Trinajstić information content (AvgIpc) is 3.29. The number of ether oxygens (including phenoxy) is 8. The van der Waals surface area contributed by atoms with Crippen LogP contribution in [-0.4, -0.2) is 88.7 Å². The highest BCUT2D eigenvalue weighted by Crippen LogP contribution is 2.50. The van der Waals surface area contributed by atoms with E-state index in [2.05, 4.69) is 5.32 Å². The Kier molecular flexibility index (Phi) is 12.5. The first-order valence-corrected chi connectivity index (χ1v) is 16.7. The van der Waals surface area contributed by atoms with Gasteiger partial charge in [-0.2, -0.15) is 0 Å². The van der Waals surface area contributed by atoms with Crippen molar-refractivity contribution in [2.24, 2.45) is 0 Å². The predicted octanol–water partition coefficient (Wildman–Crippen LogP) is 3.12. The van der Waals surface area contributed by atoms with Gasteiger partial charge in [0, 0.05) is 39.3 Å². The third kappa shape index (κ3) is 8.46. The molecule has 1 heterocycles. The Morgan fingerprint density at radius 1 is 0.837 bits per heavy atom. The largest absolute Gasteiger partial charge is 0.493 e. The average molecular weight is 704 g/mol. The Hall–Kier alpha value is -4.34. The van der Waals surface area contributed by atoms with E-state index < -0.39 is 60.6 Å². The van der Waals surface area contributed by atoms with E-state index in [0.29, 0.717) is 51.7 Å². The van der Waals surface area contributed by atoms with Gasteiger partial charge in [-0.1, -0.05) is 6.07 Å². The number of carbonyl (C=O) groups excluding carboxylic acids is 4. The van der Waals surface area contributed by atoms with E-state index in [1.807, 2.05) is 12.1 Å². The van der Waals surface area contributed by atoms with Crippen molar-refractivity contribution in [1.29, 1.82) is 0 Å². The van der Waals surface area contributed by atoms with Crippen molar-refractivity contribution >= 4 is 35.6 Å². The van der Waals surface area contributed by atoms with E-state index in [9.17, 15) is 24.0 Å². The van der Waals surface area contributed by atoms with Crippen molar-refractivity contribution in [3.05, 3.63) is 45.6 Å². The lowest BCUT2D eigenvalue weighted by molar-refractivity contribution is -0.259. The van der Waals surface area contributed by atoms with Crippen LogP contribution in [0.15, 0.2) is 34.0 Å². The van der Waals surface area contributed by atoms with Crippen LogP contribution in [0.2, 0.25) is 0 Å². The molecule has 6 atom stereocenters. The van der Waals surface area contributed by atoms with Gasteiger partial charge in [0.25, 0.3) is 0 Å². The zero-order chi connectivity index (χ0) is 36.0. The van der Waals surface area contributed by atoms with Crippen LogP contribution in [0.5, 0.6) is 17.2 Å². The van der Waals surface area contributed by atoms with Gasteiger partial charge in [-0.05, 0) is 54.0 Å². The van der Waals surface area contributed by atoms with Crippen LogP contribution in [0.1, 0.15) is 51.3 Å². The van der Waals surface area contributed by atoms with Crippen molar-refractivity contribution in [1.82, 2.24) is 5.32 Å². The van der Waals surface area contributed by atoms with Crippen molar-refractivity contribution in [3.63, 3.8) is 0 Å². The molecule has 0 saturated carbocycles. The predicted molar refractivity (Wildman–Crippen MR) is 176 cm³/mol. The van der Waals surface area contributed by atoms with Crippen LogP contribution in [0.3, 0.4) is 0 Å². The van der Waals surface area contributed by atoms with Crippen molar-refractivity contribution in [2.45, 2.75) is 82.1 Å². The lowest BCUT2D eigenvalue weighted by Gasteiger charge is -2.45. The van der Waals surface area contributed by atoms with Crippen molar-refractivity contribution in [2.75, 3.05) is 34.2 Å². The minimum absolute atomic E-state index is 0.231. The van der Waals surface area contributed by atoms with Crippen LogP contribution in [0.4, 0.5) is 0 Å². The van der Waals surface area contributed by atoms with E-state index in [1.165, 1.54) is 53.0 Å². The first-order valence-electron chi connectivity index (χ1n) is 15.4. The zero-order valence-electron chi connectivity index (χ0n) is 28.6. The second kappa shape index (κ2) is 16.4. The van der Waals surface area contributed by atoms with Gasteiger partial charge in [0.15, 0.2) is 41.5 Å². The number of hydrogen-bond donors (Lipinski definition) is 1. The maximum Gasteiger partial charge on any atom is 0.303 e. The Balaban J connectivity index is 1.91. The fraction of sp³-hybridized carbons (Fsp3) is 0.500. The van der Waals surface area contributed by atoms with Crippen LogP contribution in [0, 0.1) is 0 Å². The number of hydrogen-bond acceptors (Lipinski definition) is 15. The van der Waals surface area contributed by atoms with Crippen molar-refractivity contribution < 1.29 is 57.1 Å². The lowest BCUT2D eigenvalue weighted by atomic mass is 9.94. The fourth-order valence-corrected chi connectivity index (χ4v) is 6.66. The van der Waals surface area contributed by atoms with E-state index in [0.717, 1.165) is 19.4 Å². The van der Waals surface area contributed by atoms with Gasteiger partial charge in [-0.25, -0.2) is 0 Å². The molecule has 266 valence electrons. The van der Waals surface area contributed by atoms with Gasteiger partial charge in [-0.3, -0.25) is 29.3 Å². The van der Waals surface area contributed by atoms with E-state index in [4.69, 9.17) is 37.9 Å². The molecule has 1 aliphatic heterocycles. The number of carbonyl (C=O) groups is 4. The second-order valence-corrected chi connectivity index (χ2v) is 12.2. The minimum atomic E-state index is -1.36. The molecule has 0 bridgehead atoms. The molecule has 0 spiro atoms. The van der Waals surface area contributed by atoms with Crippen LogP contribution in [-0.2, 0) is 49.3 Å². The monoisotopic (exact) mass is 703 g/mol. The fourth-order valence-electron chi connectivity index (χ4n) is 6.20. The van der Waals surface area contributed by atoms with Gasteiger partial charge < -0.3 is 37.9 Å². The quantitative estimate of drug-likeness (QED) is 0.206. The molecule has 1 fully saturated rings. The summed E-state index contributed by atoms with van der Waals surface area (Å²) in [7, 11) is 4.55. The smallest absolute Gasteiger partial charge is 0.303 e. The number of nitrogens with one attached hydrogen (secondary N) is 1. The standard InChI is InChI=1S/C34H41NO13S/c1-16(36)44-15-26-30(45-17(2)37)32(46-18(3)38)33(47-19(4)39)34(48-26)35-23-11-9-20-13-25(41-5)29(42-6)31(43-7)28(20)21-10-12-27(49-8)24(40)14-22(21)23/h10,12-14,23,26,30,32-35H,9,11,15H2,1-8H3/t23-,26-,30-,32+,33+,34-/m1/s1. The first kappa shape index (κ1) is 37.5. The summed E-state index contributed by atoms with van der Waals surface area (Å²) in [5.41, 5.74) is 2.55. The third-order valence-electron chi connectivity index (χ3n) is 8.08. The number of thioether (sulfide) groups is 1. The molecule has 2 aliphatic rings. The number of esters is 4. The topological polar surface area (TPSA) is 171 Å². The maximum absolute atomic E-state index is 13.5. The molecular formula is C34H41NO13S. The molecule has 2 aromatic carbocycles. The number of benzene rings is 1. The molecule has 15 heteroatoms. The second-order valence-electron chi connectivity index (χ2n) is 11.3. The van der Waals surface area contributed by atoms with Gasteiger partial charge >= 0.3 is 23.9 Å². The SMILES string of the molecule is COc1cc2c(c(OC)c1OC)-c1ccc(SC)c(=O)cc1[C@H](N[C@@H]1O[C@H](COC(C)=O)[C@@H](OC(C)=O)[C@H](OC(C)=O)[C@@H]1OC(C)=O)CC2. The molecule has 0 radical (unpaired) electrons. The van der Waals surface area contributed by atoms with Gasteiger partial charge in [0.2, 0.25) is 5.75 Å². The lowest BCUT2D eigenvalue weighted by Crippen LogP contribution is -2.65. The van der Waals surface area contributed by atoms with Gasteiger partial charge in [0.05, 0.1) is 26.2 Å². The summed E-state index contributed by atoms with van der Waals surface area (Å²) < 4.78 is 45.6.